The maximum atomic E-state index is 5.65. The topological polar surface area (TPSA) is 77.8 Å². The van der Waals surface area contributed by atoms with Gasteiger partial charge in [-0.25, -0.2) is 0 Å². The lowest BCUT2D eigenvalue weighted by Crippen LogP contribution is -2.03. The van der Waals surface area contributed by atoms with Gasteiger partial charge in [-0.1, -0.05) is 29.4 Å². The van der Waals surface area contributed by atoms with Crippen molar-refractivity contribution >= 4 is 0 Å². The molecule has 5 heteroatoms. The average molecular weight is 280 g/mol. The van der Waals surface area contributed by atoms with Crippen LogP contribution in [0.2, 0.25) is 0 Å². The van der Waals surface area contributed by atoms with Gasteiger partial charge in [-0.3, -0.25) is 4.98 Å². The van der Waals surface area contributed by atoms with E-state index in [4.69, 9.17) is 10.3 Å². The van der Waals surface area contributed by atoms with Crippen LogP contribution in [0.15, 0.2) is 47.1 Å². The first-order valence-electron chi connectivity index (χ1n) is 6.83. The Labute approximate surface area is 122 Å². The summed E-state index contributed by atoms with van der Waals surface area (Å²) >= 11 is 0. The van der Waals surface area contributed by atoms with Crippen LogP contribution in [0, 0.1) is 6.92 Å². The van der Waals surface area contributed by atoms with Crippen molar-refractivity contribution in [1.29, 1.82) is 0 Å². The normalized spacial score (nSPS) is 10.8. The zero-order valence-corrected chi connectivity index (χ0v) is 11.8. The van der Waals surface area contributed by atoms with Gasteiger partial charge in [-0.05, 0) is 43.1 Å². The van der Waals surface area contributed by atoms with Crippen LogP contribution in [-0.2, 0) is 6.42 Å². The molecule has 0 saturated heterocycles. The lowest BCUT2D eigenvalue weighted by Gasteiger charge is -2.03. The van der Waals surface area contributed by atoms with Crippen LogP contribution in [0.4, 0.5) is 0 Å². The third kappa shape index (κ3) is 2.68. The maximum absolute atomic E-state index is 5.65. The monoisotopic (exact) mass is 280 g/mol. The number of nitrogens with zero attached hydrogens (tertiary/aromatic N) is 3. The van der Waals surface area contributed by atoms with Crippen molar-refractivity contribution in [2.75, 3.05) is 6.54 Å². The van der Waals surface area contributed by atoms with Crippen LogP contribution in [-0.4, -0.2) is 21.7 Å². The summed E-state index contributed by atoms with van der Waals surface area (Å²) in [5, 5.41) is 4.05. The van der Waals surface area contributed by atoms with Crippen LogP contribution >= 0.6 is 0 Å². The highest BCUT2D eigenvalue weighted by molar-refractivity contribution is 5.62. The number of rotatable bonds is 4. The zero-order valence-electron chi connectivity index (χ0n) is 11.8. The number of nitrogens with two attached hydrogens (primary N) is 1. The highest BCUT2D eigenvalue weighted by Crippen LogP contribution is 2.25. The van der Waals surface area contributed by atoms with Crippen LogP contribution in [0.25, 0.3) is 23.0 Å². The molecule has 0 aliphatic carbocycles. The summed E-state index contributed by atoms with van der Waals surface area (Å²) in [7, 11) is 0. The second-order valence-corrected chi connectivity index (χ2v) is 4.79. The Balaban J connectivity index is 2.01. The van der Waals surface area contributed by atoms with E-state index >= 15 is 0 Å². The average Bonchev–Trinajstić information content (AvgIpc) is 2.98. The highest BCUT2D eigenvalue weighted by Gasteiger charge is 2.15. The molecule has 0 bridgehead atoms. The van der Waals surface area contributed by atoms with E-state index < -0.39 is 0 Å². The standard InChI is InChI=1S/C16H16N4O/c1-11-5-4-10-18-14(11)15-19-16(21-20-15)13-7-3-2-6-12(13)8-9-17/h2-7,10H,8-9,17H2,1H3. The van der Waals surface area contributed by atoms with Crippen LogP contribution in [0.5, 0.6) is 0 Å². The molecule has 3 rings (SSSR count). The number of aryl methyl sites for hydroxylation is 1. The fraction of sp³-hybridized carbons (Fsp3) is 0.188. The summed E-state index contributed by atoms with van der Waals surface area (Å²) in [5.41, 5.74) is 9.43. The van der Waals surface area contributed by atoms with Crippen molar-refractivity contribution in [1.82, 2.24) is 15.1 Å². The smallest absolute Gasteiger partial charge is 0.258 e. The van der Waals surface area contributed by atoms with Crippen LogP contribution < -0.4 is 5.73 Å². The van der Waals surface area contributed by atoms with E-state index in [0.29, 0.717) is 18.3 Å². The van der Waals surface area contributed by atoms with Crippen molar-refractivity contribution in [2.24, 2.45) is 5.73 Å². The molecule has 21 heavy (non-hydrogen) atoms. The van der Waals surface area contributed by atoms with Crippen molar-refractivity contribution in [3.05, 3.63) is 53.7 Å². The molecule has 0 spiro atoms. The molecule has 0 amide bonds. The molecule has 2 heterocycles. The van der Waals surface area contributed by atoms with Crippen LogP contribution in [0.1, 0.15) is 11.1 Å². The molecule has 0 atom stereocenters. The third-order valence-corrected chi connectivity index (χ3v) is 3.31. The highest BCUT2D eigenvalue weighted by atomic mass is 16.5. The van der Waals surface area contributed by atoms with Gasteiger partial charge in [-0.2, -0.15) is 4.98 Å². The first-order chi connectivity index (χ1) is 10.3. The SMILES string of the molecule is Cc1cccnc1-c1noc(-c2ccccc2CCN)n1. The molecule has 5 nitrogen and oxygen atoms in total. The first-order valence-corrected chi connectivity index (χ1v) is 6.83. The Bertz CT molecular complexity index is 751. The number of pyridine rings is 1. The van der Waals surface area contributed by atoms with E-state index in [1.807, 2.05) is 43.3 Å². The summed E-state index contributed by atoms with van der Waals surface area (Å²) < 4.78 is 5.41. The van der Waals surface area contributed by atoms with E-state index in [1.54, 1.807) is 6.20 Å². The summed E-state index contributed by atoms with van der Waals surface area (Å²) in [5.74, 6) is 1.00. The summed E-state index contributed by atoms with van der Waals surface area (Å²) in [6.45, 7) is 2.55. The number of hydrogen-bond acceptors (Lipinski definition) is 5. The Morgan fingerprint density at radius 1 is 1.14 bits per heavy atom. The van der Waals surface area contributed by atoms with E-state index in [0.717, 1.165) is 28.8 Å². The van der Waals surface area contributed by atoms with Crippen molar-refractivity contribution in [3.8, 4) is 23.0 Å². The molecule has 3 aromatic rings. The van der Waals surface area contributed by atoms with Gasteiger partial charge in [0.25, 0.3) is 5.89 Å². The number of hydrogen-bond donors (Lipinski definition) is 1. The van der Waals surface area contributed by atoms with Gasteiger partial charge < -0.3 is 10.3 Å². The maximum Gasteiger partial charge on any atom is 0.258 e. The second kappa shape index (κ2) is 5.85. The minimum atomic E-state index is 0.499. The van der Waals surface area contributed by atoms with Gasteiger partial charge in [0.2, 0.25) is 5.82 Å². The molecule has 0 saturated carbocycles. The fourth-order valence-corrected chi connectivity index (χ4v) is 2.25. The largest absolute Gasteiger partial charge is 0.334 e. The minimum Gasteiger partial charge on any atom is -0.334 e. The Morgan fingerprint density at radius 2 is 2.00 bits per heavy atom. The van der Waals surface area contributed by atoms with Gasteiger partial charge in [-0.15, -0.1) is 0 Å². The van der Waals surface area contributed by atoms with E-state index in [1.165, 1.54) is 0 Å². The summed E-state index contributed by atoms with van der Waals surface area (Å²) in [6, 6.07) is 11.8. The van der Waals surface area contributed by atoms with Gasteiger partial charge in [0.15, 0.2) is 0 Å². The Hall–Kier alpha value is -2.53. The molecule has 2 aromatic heterocycles. The molecule has 0 unspecified atom stereocenters. The Kier molecular flexibility index (Phi) is 3.75. The van der Waals surface area contributed by atoms with E-state index in [9.17, 15) is 0 Å². The lowest BCUT2D eigenvalue weighted by molar-refractivity contribution is 0.431. The lowest BCUT2D eigenvalue weighted by atomic mass is 10.0. The minimum absolute atomic E-state index is 0.499. The van der Waals surface area contributed by atoms with E-state index in [-0.39, 0.29) is 0 Å². The van der Waals surface area contributed by atoms with Gasteiger partial charge in [0.05, 0.1) is 0 Å². The Morgan fingerprint density at radius 3 is 2.81 bits per heavy atom. The molecule has 2 N–H and O–H groups in total. The number of aromatic nitrogens is 3. The third-order valence-electron chi connectivity index (χ3n) is 3.31. The summed E-state index contributed by atoms with van der Waals surface area (Å²) in [6.07, 6.45) is 2.50. The van der Waals surface area contributed by atoms with Crippen molar-refractivity contribution < 1.29 is 4.52 Å². The van der Waals surface area contributed by atoms with E-state index in [2.05, 4.69) is 15.1 Å². The molecule has 0 radical (unpaired) electrons. The second-order valence-electron chi connectivity index (χ2n) is 4.79. The molecule has 106 valence electrons. The predicted octanol–water partition coefficient (Wildman–Crippen LogP) is 2.61. The van der Waals surface area contributed by atoms with Gasteiger partial charge in [0, 0.05) is 11.8 Å². The van der Waals surface area contributed by atoms with Gasteiger partial charge in [0.1, 0.15) is 5.69 Å². The molecule has 1 aromatic carbocycles. The van der Waals surface area contributed by atoms with Gasteiger partial charge >= 0.3 is 0 Å². The van der Waals surface area contributed by atoms with Crippen molar-refractivity contribution in [3.63, 3.8) is 0 Å². The number of benzene rings is 1. The molecule has 0 fully saturated rings. The molecular formula is C16H16N4O. The summed E-state index contributed by atoms with van der Waals surface area (Å²) in [4.78, 5) is 8.78. The predicted molar refractivity (Wildman–Crippen MR) is 80.5 cm³/mol. The first kappa shape index (κ1) is 13.5. The fourth-order valence-electron chi connectivity index (χ4n) is 2.25. The van der Waals surface area contributed by atoms with Crippen molar-refractivity contribution in [2.45, 2.75) is 13.3 Å². The quantitative estimate of drug-likeness (QED) is 0.794. The molecular weight excluding hydrogens is 264 g/mol. The van der Waals surface area contributed by atoms with Crippen LogP contribution in [0.3, 0.4) is 0 Å². The molecule has 0 aliphatic heterocycles. The zero-order chi connectivity index (χ0) is 14.7. The molecule has 0 aliphatic rings.